The van der Waals surface area contributed by atoms with Gasteiger partial charge in [0, 0.05) is 0 Å². The van der Waals surface area contributed by atoms with Gasteiger partial charge in [0.25, 0.3) is 6.43 Å². The third kappa shape index (κ3) is 5.92. The van der Waals surface area contributed by atoms with Crippen LogP contribution < -0.4 is 15.3 Å². The van der Waals surface area contributed by atoms with Crippen molar-refractivity contribution in [3.63, 3.8) is 0 Å². The second kappa shape index (κ2) is 11.7. The monoisotopic (exact) mass is 586 g/mol. The predicted octanol–water partition coefficient (Wildman–Crippen LogP) is 1.80. The van der Waals surface area contributed by atoms with Gasteiger partial charge in [0.2, 0.25) is 0 Å². The summed E-state index contributed by atoms with van der Waals surface area (Å²) in [5.74, 6) is -0.780. The van der Waals surface area contributed by atoms with Crippen LogP contribution in [0.4, 0.5) is 14.6 Å². The zero-order valence-electron chi connectivity index (χ0n) is 21.6. The van der Waals surface area contributed by atoms with Crippen molar-refractivity contribution < 1.29 is 46.9 Å². The van der Waals surface area contributed by atoms with Crippen molar-refractivity contribution >= 4 is 30.7 Å². The van der Waals surface area contributed by atoms with Crippen molar-refractivity contribution in [2.45, 2.75) is 63.4 Å². The van der Waals surface area contributed by atoms with E-state index in [9.17, 15) is 28.4 Å². The maximum Gasteiger partial charge on any atom is 0.459 e. The van der Waals surface area contributed by atoms with E-state index in [1.54, 1.807) is 32.0 Å². The van der Waals surface area contributed by atoms with E-state index >= 15 is 0 Å². The highest BCUT2D eigenvalue weighted by Crippen LogP contribution is 2.49. The number of aliphatic hydroxyl groups is 2. The van der Waals surface area contributed by atoms with Crippen LogP contribution in [-0.2, 0) is 23.4 Å². The van der Waals surface area contributed by atoms with Crippen LogP contribution in [0.3, 0.4) is 0 Å². The Hall–Kier alpha value is -3.27. The molecule has 5 N–H and O–H groups in total. The number of rotatable bonds is 11. The fraction of sp³-hybridized carbons (Fsp3) is 0.478. The topological polar surface area (TPSA) is 193 Å². The predicted molar refractivity (Wildman–Crippen MR) is 135 cm³/mol. The summed E-state index contributed by atoms with van der Waals surface area (Å²) in [6.07, 6.45) is -7.48. The number of fused-ring (bicyclic) bond motifs is 1. The number of hydrogen-bond donors (Lipinski definition) is 4. The number of para-hydroxylation sites is 1. The van der Waals surface area contributed by atoms with Gasteiger partial charge in [-0.1, -0.05) is 18.2 Å². The molecule has 0 bridgehead atoms. The number of ether oxygens (including phenoxy) is 2. The molecular weight excluding hydrogens is 557 g/mol. The van der Waals surface area contributed by atoms with E-state index in [0.717, 1.165) is 17.2 Å². The largest absolute Gasteiger partial charge is 0.462 e. The summed E-state index contributed by atoms with van der Waals surface area (Å²) in [7, 11) is -4.61. The van der Waals surface area contributed by atoms with Crippen LogP contribution in [0.2, 0.25) is 0 Å². The first kappa shape index (κ1) is 29.7. The molecule has 0 radical (unpaired) electrons. The Kier molecular flexibility index (Phi) is 8.68. The van der Waals surface area contributed by atoms with Crippen molar-refractivity contribution in [3.05, 3.63) is 43.0 Å². The number of esters is 1. The molecule has 0 amide bonds. The van der Waals surface area contributed by atoms with Gasteiger partial charge in [0.05, 0.1) is 19.0 Å². The molecule has 6 atom stereocenters. The second-order valence-corrected chi connectivity index (χ2v) is 11.0. The van der Waals surface area contributed by atoms with Crippen molar-refractivity contribution in [1.29, 1.82) is 0 Å². The van der Waals surface area contributed by atoms with Gasteiger partial charge < -0.3 is 29.9 Å². The quantitative estimate of drug-likeness (QED) is 0.188. The molecule has 14 nitrogen and oxygen atoms in total. The van der Waals surface area contributed by atoms with Crippen molar-refractivity contribution in [3.8, 4) is 5.75 Å². The molecule has 1 fully saturated rings. The lowest BCUT2D eigenvalue weighted by Gasteiger charge is -2.32. The molecule has 0 saturated carbocycles. The van der Waals surface area contributed by atoms with Gasteiger partial charge in [-0.05, 0) is 32.9 Å². The molecule has 0 spiro atoms. The van der Waals surface area contributed by atoms with E-state index in [-0.39, 0.29) is 22.7 Å². The number of halogens is 2. The minimum Gasteiger partial charge on any atom is -0.462 e. The second-order valence-electron chi connectivity index (χ2n) is 9.29. The van der Waals surface area contributed by atoms with Crippen LogP contribution in [0.1, 0.15) is 27.0 Å². The Bertz CT molecular complexity index is 1380. The zero-order chi connectivity index (χ0) is 29.2. The van der Waals surface area contributed by atoms with E-state index in [1.807, 2.05) is 0 Å². The van der Waals surface area contributed by atoms with Gasteiger partial charge in [0.1, 0.15) is 35.8 Å². The SMILES string of the molecule is CC(C)OC(=O)[C@H](C)NP(=O)(OC[C@@]1(C(F)F)O[C@@H](n2cnc3c(N)ncnc32)[C@H](O)[C@H]1O)Oc1ccccc1. The summed E-state index contributed by atoms with van der Waals surface area (Å²) in [6, 6.07) is 6.38. The third-order valence-electron chi connectivity index (χ3n) is 5.97. The lowest BCUT2D eigenvalue weighted by atomic mass is 9.96. The minimum atomic E-state index is -4.61. The Morgan fingerprint density at radius 3 is 2.58 bits per heavy atom. The summed E-state index contributed by atoms with van der Waals surface area (Å²) < 4.78 is 65.5. The number of nitrogens with zero attached hydrogens (tertiary/aromatic N) is 4. The Morgan fingerprint density at radius 2 is 1.93 bits per heavy atom. The lowest BCUT2D eigenvalue weighted by Crippen LogP contribution is -2.53. The fourth-order valence-electron chi connectivity index (χ4n) is 3.97. The molecule has 2 aromatic heterocycles. The molecule has 1 aliphatic rings. The molecule has 218 valence electrons. The Morgan fingerprint density at radius 1 is 1.23 bits per heavy atom. The van der Waals surface area contributed by atoms with Gasteiger partial charge in [-0.15, -0.1) is 0 Å². The average molecular weight is 586 g/mol. The van der Waals surface area contributed by atoms with Crippen LogP contribution >= 0.6 is 7.75 Å². The molecule has 40 heavy (non-hydrogen) atoms. The van der Waals surface area contributed by atoms with Crippen molar-refractivity contribution in [2.24, 2.45) is 0 Å². The summed E-state index contributed by atoms with van der Waals surface area (Å²) >= 11 is 0. The van der Waals surface area contributed by atoms with Crippen LogP contribution in [0.15, 0.2) is 43.0 Å². The zero-order valence-corrected chi connectivity index (χ0v) is 22.5. The number of nitrogen functional groups attached to an aromatic ring is 1. The standard InChI is InChI=1S/C23H29F2N6O8P/c1-12(2)37-21(34)13(3)30-40(35,39-14-7-5-4-6-8-14)36-9-23(22(24)25)17(33)16(32)20(38-23)31-11-29-15-18(26)27-10-28-19(15)31/h4-8,10-13,16-17,20,22,32-33H,9H2,1-3H3,(H,30,35)(H2,26,27,28)/t13-,16+,17+,20+,23+,40?/m0/s1. The molecule has 3 heterocycles. The van der Waals surface area contributed by atoms with E-state index in [4.69, 9.17) is 24.3 Å². The molecule has 1 aliphatic heterocycles. The number of carbonyl (C=O) groups is 1. The molecule has 3 aromatic rings. The minimum absolute atomic E-state index is 0.00423. The van der Waals surface area contributed by atoms with Crippen LogP contribution in [0.25, 0.3) is 11.2 Å². The molecule has 17 heteroatoms. The van der Waals surface area contributed by atoms with Gasteiger partial charge in [-0.2, -0.15) is 5.09 Å². The molecular formula is C23H29F2N6O8P. The maximum atomic E-state index is 14.6. The van der Waals surface area contributed by atoms with Crippen molar-refractivity contribution in [1.82, 2.24) is 24.6 Å². The van der Waals surface area contributed by atoms with Crippen LogP contribution in [-0.4, -0.2) is 78.7 Å². The summed E-state index contributed by atoms with van der Waals surface area (Å²) in [4.78, 5) is 24.2. The molecule has 1 saturated heterocycles. The number of imidazole rings is 1. The summed E-state index contributed by atoms with van der Waals surface area (Å²) in [5, 5.41) is 23.9. The Balaban J connectivity index is 1.62. The normalized spacial score (nSPS) is 25.3. The number of anilines is 1. The van der Waals surface area contributed by atoms with Gasteiger partial charge in [0.15, 0.2) is 23.3 Å². The van der Waals surface area contributed by atoms with Crippen LogP contribution in [0.5, 0.6) is 5.75 Å². The number of carbonyl (C=O) groups excluding carboxylic acids is 1. The fourth-order valence-corrected chi connectivity index (χ4v) is 5.50. The van der Waals surface area contributed by atoms with Gasteiger partial charge in [-0.25, -0.2) is 28.3 Å². The molecule has 1 unspecified atom stereocenters. The average Bonchev–Trinajstić information content (AvgIpc) is 3.43. The number of aromatic nitrogens is 4. The number of nitrogens with one attached hydrogen (secondary N) is 1. The lowest BCUT2D eigenvalue weighted by molar-refractivity contribution is -0.191. The molecule has 4 rings (SSSR count). The van der Waals surface area contributed by atoms with Crippen molar-refractivity contribution in [2.75, 3.05) is 12.3 Å². The van der Waals surface area contributed by atoms with E-state index in [2.05, 4.69) is 20.0 Å². The number of benzene rings is 1. The van der Waals surface area contributed by atoms with Crippen LogP contribution in [0, 0.1) is 0 Å². The van der Waals surface area contributed by atoms with E-state index in [1.165, 1.54) is 19.1 Å². The van der Waals surface area contributed by atoms with E-state index < -0.39 is 62.9 Å². The number of aliphatic hydroxyl groups excluding tert-OH is 2. The highest BCUT2D eigenvalue weighted by atomic mass is 31.2. The molecule has 1 aromatic carbocycles. The smallest absolute Gasteiger partial charge is 0.459 e. The number of hydrogen-bond acceptors (Lipinski definition) is 12. The summed E-state index contributed by atoms with van der Waals surface area (Å²) in [5.41, 5.74) is 3.05. The third-order valence-corrected chi connectivity index (χ3v) is 7.60. The highest BCUT2D eigenvalue weighted by molar-refractivity contribution is 7.52. The maximum absolute atomic E-state index is 14.6. The first-order chi connectivity index (χ1) is 18.9. The molecule has 0 aliphatic carbocycles. The van der Waals surface area contributed by atoms with Gasteiger partial charge in [-0.3, -0.25) is 13.9 Å². The first-order valence-corrected chi connectivity index (χ1v) is 13.6. The highest BCUT2D eigenvalue weighted by Gasteiger charge is 2.61. The Labute approximate surface area is 227 Å². The van der Waals surface area contributed by atoms with Gasteiger partial charge >= 0.3 is 13.7 Å². The van der Waals surface area contributed by atoms with E-state index in [0.29, 0.717) is 0 Å². The first-order valence-electron chi connectivity index (χ1n) is 12.1. The number of alkyl halides is 2. The number of nitrogens with two attached hydrogens (primary N) is 1. The summed E-state index contributed by atoms with van der Waals surface area (Å²) in [6.45, 7) is 3.30.